The van der Waals surface area contributed by atoms with E-state index < -0.39 is 272 Å². The number of nitrogens with one attached hydrogen (secondary N) is 10. The van der Waals surface area contributed by atoms with Crippen LogP contribution in [0.2, 0.25) is 0 Å². The number of fused-ring (bicyclic) bond motifs is 4. The molecule has 0 aliphatic carbocycles. The predicted molar refractivity (Wildman–Crippen MR) is 518 cm³/mol. The van der Waals surface area contributed by atoms with E-state index in [-0.39, 0.29) is 94.1 Å². The number of hydrogen-bond acceptors (Lipinski definition) is 30. The first-order valence-electron chi connectivity index (χ1n) is 48.1. The third-order valence-electron chi connectivity index (χ3n) is 24.4. The second-order valence-electron chi connectivity index (χ2n) is 37.4. The van der Waals surface area contributed by atoms with Gasteiger partial charge in [-0.2, -0.15) is 0 Å². The fraction of sp³-hybridized carbons (Fsp3) is 0.551. The van der Waals surface area contributed by atoms with E-state index in [4.69, 9.17) is 48.6 Å². The van der Waals surface area contributed by atoms with Gasteiger partial charge in [0.15, 0.2) is 41.2 Å². The van der Waals surface area contributed by atoms with Crippen molar-refractivity contribution in [3.05, 3.63) is 102 Å². The number of urea groups is 1. The zero-order valence-corrected chi connectivity index (χ0v) is 84.5. The summed E-state index contributed by atoms with van der Waals surface area (Å²) in [6.07, 6.45) is -8.95. The zero-order chi connectivity index (χ0) is 107. The molecule has 13 atom stereocenters. The summed E-state index contributed by atoms with van der Waals surface area (Å²) in [5, 5.41) is 27.4. The van der Waals surface area contributed by atoms with Crippen LogP contribution in [0.3, 0.4) is 0 Å². The van der Waals surface area contributed by atoms with E-state index in [9.17, 15) is 67.1 Å². The highest BCUT2D eigenvalue weighted by atomic mass is 16.7. The molecule has 12 N–H and O–H groups in total. The summed E-state index contributed by atoms with van der Waals surface area (Å²) in [6, 6.07) is 9.85. The molecule has 9 rings (SSSR count). The number of benzene rings is 3. The van der Waals surface area contributed by atoms with Gasteiger partial charge in [0.2, 0.25) is 83.3 Å². The number of alkyl carbamates (subject to hydrolysis) is 1. The van der Waals surface area contributed by atoms with Crippen molar-refractivity contribution in [1.29, 1.82) is 0 Å². The van der Waals surface area contributed by atoms with Gasteiger partial charge in [0.1, 0.15) is 60.5 Å². The number of carbonyl (C=O) groups is 20. The number of carbonyl (C=O) groups excluding carboxylic acids is 20. The Morgan fingerprint density at radius 2 is 1.02 bits per heavy atom. The molecule has 47 nitrogen and oxygen atoms in total. The van der Waals surface area contributed by atoms with E-state index in [1.54, 1.807) is 149 Å². The molecule has 4 aliphatic heterocycles. The second-order valence-corrected chi connectivity index (χ2v) is 37.4. The maximum atomic E-state index is 15.7. The molecule has 17 amide bonds. The van der Waals surface area contributed by atoms with Crippen LogP contribution in [0.5, 0.6) is 11.5 Å². The minimum Gasteiger partial charge on any atom is -0.486 e. The second kappa shape index (κ2) is 52.3. The number of nitrogens with two attached hydrogens (primary N) is 1. The minimum atomic E-state index is -2.06. The number of likely N-dealkylation sites (N-methyl/N-ethyl adjacent to an activating group) is 4. The van der Waals surface area contributed by atoms with Crippen molar-refractivity contribution in [1.82, 2.24) is 87.2 Å². The quantitative estimate of drug-likeness (QED) is 0.0202. The summed E-state index contributed by atoms with van der Waals surface area (Å²) in [4.78, 5) is 300. The van der Waals surface area contributed by atoms with Crippen LogP contribution in [-0.2, 0) is 112 Å². The molecule has 3 aromatic carbocycles. The Balaban J connectivity index is 1.00. The molecule has 4 fully saturated rings. The maximum Gasteiger partial charge on any atom is 0.408 e. The van der Waals surface area contributed by atoms with Gasteiger partial charge >= 0.3 is 36.0 Å². The lowest BCUT2D eigenvalue weighted by Gasteiger charge is -2.43. The van der Waals surface area contributed by atoms with Crippen LogP contribution < -0.4 is 68.4 Å². The van der Waals surface area contributed by atoms with Crippen LogP contribution >= 0.6 is 0 Å². The first kappa shape index (κ1) is 114. The van der Waals surface area contributed by atoms with Crippen LogP contribution in [0.25, 0.3) is 21.8 Å². The summed E-state index contributed by atoms with van der Waals surface area (Å²) in [5.74, 6) is -18.9. The number of methoxy groups -OCH3 is 1. The number of nitrogens with zero attached hydrogens (tertiary/aromatic N) is 8. The van der Waals surface area contributed by atoms with Crippen molar-refractivity contribution in [2.75, 3.05) is 98.5 Å². The number of primary amides is 1. The monoisotopic (exact) mass is 2020 g/mol. The molecule has 0 spiro atoms. The number of rotatable bonds is 27. The number of anilines is 1. The van der Waals surface area contributed by atoms with E-state index in [2.05, 4.69) is 58.2 Å². The Hall–Kier alpha value is -15.0. The van der Waals surface area contributed by atoms with Crippen molar-refractivity contribution >= 4 is 146 Å². The number of ether oxygens (including phenoxy) is 8. The third kappa shape index (κ3) is 31.3. The average Bonchev–Trinajstić information content (AvgIpc) is 0.771. The Labute approximate surface area is 838 Å². The van der Waals surface area contributed by atoms with Crippen LogP contribution in [-0.4, -0.2) is 336 Å². The molecule has 4 aliphatic rings. The van der Waals surface area contributed by atoms with Crippen LogP contribution in [0.4, 0.5) is 15.3 Å². The SMILES string of the molecule is CCN1CC(=O)N(C)[C@@H](C(C)C)C(=O)NC[C@@H](NC(=O)c2nc3ccccc3cc2O[C@@H]2O[C@H](C(=O)OC)[C@@H](OC(C)=O)[C@H](OC(C)=O)[C@H]2OC(C)=O)C(=O)N2CCCC[C@H]2C(=O)NCC(=O)N(CC)CC(=O)N(C)[C@@H](C(C)C)C(=O)NC[C@@H](NC(=O)c2nc3ccccc3cc2OCc2ccc(NC(=O)[C@H](CCCNC(N)=O)NC(=O)[C@@H](NC(=O)OC(C)(C)C)C(C)C)cc2)C(=O)N2CCCC[C@H]2C(=O)NCC1=O. The molecule has 47 heteroatoms. The van der Waals surface area contributed by atoms with Crippen molar-refractivity contribution in [3.8, 4) is 11.5 Å². The largest absolute Gasteiger partial charge is 0.486 e. The molecular formula is C98H133N19O28. The lowest BCUT2D eigenvalue weighted by molar-refractivity contribution is -0.282. The fourth-order valence-electron chi connectivity index (χ4n) is 17.2. The normalized spacial score (nSPS) is 21.9. The van der Waals surface area contributed by atoms with Gasteiger partial charge in [-0.1, -0.05) is 90.1 Å². The van der Waals surface area contributed by atoms with Crippen LogP contribution in [0.15, 0.2) is 84.9 Å². The van der Waals surface area contributed by atoms with Gasteiger partial charge in [-0.25, -0.2) is 24.4 Å². The van der Waals surface area contributed by atoms with Crippen molar-refractivity contribution in [3.63, 3.8) is 0 Å². The number of para-hydroxylation sites is 2. The van der Waals surface area contributed by atoms with Crippen LogP contribution in [0, 0.1) is 17.8 Å². The van der Waals surface area contributed by atoms with Crippen LogP contribution in [0.1, 0.15) is 175 Å². The van der Waals surface area contributed by atoms with E-state index in [0.717, 1.165) is 52.4 Å². The molecule has 6 heterocycles. The smallest absolute Gasteiger partial charge is 0.408 e. The summed E-state index contributed by atoms with van der Waals surface area (Å²) in [5.41, 5.74) is 4.61. The lowest BCUT2D eigenvalue weighted by Crippen LogP contribution is -2.64. The van der Waals surface area contributed by atoms with E-state index >= 15 is 28.8 Å². The summed E-state index contributed by atoms with van der Waals surface area (Å²) in [6.45, 7) is 15.7. The first-order chi connectivity index (χ1) is 68.6. The van der Waals surface area contributed by atoms with E-state index in [1.165, 1.54) is 31.1 Å². The van der Waals surface area contributed by atoms with Gasteiger partial charge in [-0.05, 0) is 146 Å². The number of piperidine rings is 2. The predicted octanol–water partition coefficient (Wildman–Crippen LogP) is 1.66. The fourth-order valence-corrected chi connectivity index (χ4v) is 17.2. The third-order valence-corrected chi connectivity index (χ3v) is 24.4. The Morgan fingerprint density at radius 1 is 0.559 bits per heavy atom. The summed E-state index contributed by atoms with van der Waals surface area (Å²) in [7, 11) is 3.57. The molecule has 145 heavy (non-hydrogen) atoms. The number of amides is 17. The molecule has 0 saturated carbocycles. The Kier molecular flexibility index (Phi) is 41.0. The van der Waals surface area contributed by atoms with Gasteiger partial charge in [-0.15, -0.1) is 0 Å². The average molecular weight is 2030 g/mol. The van der Waals surface area contributed by atoms with Crippen molar-refractivity contribution in [2.24, 2.45) is 23.5 Å². The number of aromatic nitrogens is 2. The Bertz CT molecular complexity index is 5600. The Morgan fingerprint density at radius 3 is 1.47 bits per heavy atom. The molecule has 0 bridgehead atoms. The highest BCUT2D eigenvalue weighted by Gasteiger charge is 2.57. The van der Waals surface area contributed by atoms with E-state index in [0.29, 0.717) is 41.1 Å². The molecule has 0 unspecified atom stereocenters. The van der Waals surface area contributed by atoms with Crippen molar-refractivity contribution < 1.29 is 134 Å². The minimum absolute atomic E-state index is 0.0181. The van der Waals surface area contributed by atoms with Gasteiger partial charge < -0.3 is 126 Å². The number of esters is 4. The molecule has 5 aromatic rings. The number of hydrogen-bond donors (Lipinski definition) is 11. The molecule has 2 aromatic heterocycles. The standard InChI is InChI=1S/C98H133N19O28/c1-18-114-49-73(123)112(15)78(53(5)6)90(131)101-45-65(109-88(129)76-69(43-59-29-20-22-31-62(59)106-76)139-51-58-36-38-61(39-37-58)105-84(125)64(33-28-40-100-96(99)136)108-87(128)75(52(3)4)111-97(137)145-98(12,13)14)92(133)116-41-26-24-34-67(116)85(126)103-47-71(121)115(19-2)50-74(124)113(16)79(54(7)8)91(132)102-46-66(93(134)117-42-27-25-35-68(117)86(127)104-48-72(114)122)110-89(130)77-70(44-60-30-21-23-32-63(60)107-77)143-95-83(142-57(11)120)81(141-56(10)119)80(140-55(9)118)82(144-95)94(135)138-17/h20-23,29-32,36-39,43-44,52-54,64-68,75,78-83,95H,18-19,24-28,33-35,40-42,45-51H2,1-17H3,(H,101,131)(H,102,132)(H,103,126)(H,104,127)(H,105,125)(H,108,128)(H,109,129)(H,110,130)(H,111,137)(H3,99,100,136)/t64-,65+,66+,67-,68-,75-,78-,79-,80-,81-,82-,83+,95+/m0/s1. The molecular weight excluding hydrogens is 1890 g/mol. The van der Waals surface area contributed by atoms with Gasteiger partial charge in [-0.3, -0.25) is 81.5 Å². The maximum absolute atomic E-state index is 15.7. The molecule has 4 saturated heterocycles. The van der Waals surface area contributed by atoms with Crippen molar-refractivity contribution in [2.45, 2.75) is 240 Å². The topological polar surface area (TPSA) is 607 Å². The van der Waals surface area contributed by atoms with E-state index in [1.807, 2.05) is 0 Å². The summed E-state index contributed by atoms with van der Waals surface area (Å²) >= 11 is 0. The zero-order valence-electron chi connectivity index (χ0n) is 84.5. The summed E-state index contributed by atoms with van der Waals surface area (Å²) < 4.78 is 45.8. The molecule has 788 valence electrons. The van der Waals surface area contributed by atoms with Gasteiger partial charge in [0.05, 0.1) is 44.3 Å². The highest BCUT2D eigenvalue weighted by molar-refractivity contribution is 6.04. The number of pyridine rings is 2. The highest BCUT2D eigenvalue weighted by Crippen LogP contribution is 2.35. The lowest BCUT2D eigenvalue weighted by atomic mass is 9.97. The van der Waals surface area contributed by atoms with Gasteiger partial charge in [0.25, 0.3) is 11.8 Å². The van der Waals surface area contributed by atoms with Gasteiger partial charge in [0, 0.05) is 97.1 Å². The molecule has 0 radical (unpaired) electrons. The first-order valence-corrected chi connectivity index (χ1v) is 48.1.